The van der Waals surface area contributed by atoms with Gasteiger partial charge in [-0.15, -0.1) is 11.3 Å². The third-order valence-corrected chi connectivity index (χ3v) is 4.75. The Hall–Kier alpha value is 0.1000. The van der Waals surface area contributed by atoms with Crippen molar-refractivity contribution in [3.8, 4) is 0 Å². The molecule has 1 atom stereocenters. The molecule has 90 valence electrons. The largest absolute Gasteiger partial charge is 0.313 e. The van der Waals surface area contributed by atoms with Gasteiger partial charge in [0.2, 0.25) is 0 Å². The molecule has 2 nitrogen and oxygen atoms in total. The van der Waals surface area contributed by atoms with Gasteiger partial charge in [0, 0.05) is 24.0 Å². The molecular weight excluding hydrogens is 284 g/mol. The molecule has 16 heavy (non-hydrogen) atoms. The monoisotopic (exact) mass is 302 g/mol. The molecule has 0 saturated carbocycles. The van der Waals surface area contributed by atoms with Gasteiger partial charge in [0.05, 0.1) is 3.79 Å². The van der Waals surface area contributed by atoms with Crippen LogP contribution in [0.2, 0.25) is 0 Å². The van der Waals surface area contributed by atoms with E-state index >= 15 is 0 Å². The van der Waals surface area contributed by atoms with E-state index in [-0.39, 0.29) is 0 Å². The first-order valence-corrected chi connectivity index (χ1v) is 7.51. The average molecular weight is 303 g/mol. The second-order valence-electron chi connectivity index (χ2n) is 4.51. The van der Waals surface area contributed by atoms with E-state index in [1.807, 2.05) is 11.3 Å². The van der Waals surface area contributed by atoms with Crippen LogP contribution in [0.1, 0.15) is 17.7 Å². The van der Waals surface area contributed by atoms with Gasteiger partial charge in [-0.2, -0.15) is 0 Å². The standard InChI is InChI=1S/C12H19BrN2S/c1-15(9-10-3-2-7-14-10)8-6-11-4-5-12(13)16-11/h4-5,10,14H,2-3,6-9H2,1H3. The highest BCUT2D eigenvalue weighted by Gasteiger charge is 2.15. The van der Waals surface area contributed by atoms with Crippen LogP contribution in [-0.2, 0) is 6.42 Å². The predicted octanol–water partition coefficient (Wildman–Crippen LogP) is 2.74. The fourth-order valence-electron chi connectivity index (χ4n) is 2.17. The molecule has 1 aliphatic heterocycles. The fraction of sp³-hybridized carbons (Fsp3) is 0.667. The molecule has 0 spiro atoms. The van der Waals surface area contributed by atoms with Gasteiger partial charge in [-0.1, -0.05) is 0 Å². The topological polar surface area (TPSA) is 15.3 Å². The van der Waals surface area contributed by atoms with Crippen molar-refractivity contribution in [1.82, 2.24) is 10.2 Å². The molecule has 1 unspecified atom stereocenters. The van der Waals surface area contributed by atoms with Crippen LogP contribution in [0.25, 0.3) is 0 Å². The summed E-state index contributed by atoms with van der Waals surface area (Å²) in [5.41, 5.74) is 0. The molecule has 4 heteroatoms. The van der Waals surface area contributed by atoms with Gasteiger partial charge in [0.15, 0.2) is 0 Å². The zero-order valence-corrected chi connectivity index (χ0v) is 12.1. The van der Waals surface area contributed by atoms with Crippen molar-refractivity contribution in [3.63, 3.8) is 0 Å². The molecule has 1 aromatic heterocycles. The summed E-state index contributed by atoms with van der Waals surface area (Å²) in [6, 6.07) is 5.08. The van der Waals surface area contributed by atoms with Gasteiger partial charge >= 0.3 is 0 Å². The van der Waals surface area contributed by atoms with Crippen LogP contribution in [0.5, 0.6) is 0 Å². The molecule has 0 amide bonds. The van der Waals surface area contributed by atoms with Crippen LogP contribution in [-0.4, -0.2) is 37.6 Å². The second kappa shape index (κ2) is 6.15. The Morgan fingerprint density at radius 2 is 2.44 bits per heavy atom. The zero-order valence-electron chi connectivity index (χ0n) is 9.71. The van der Waals surface area contributed by atoms with Gasteiger partial charge in [0.1, 0.15) is 0 Å². The van der Waals surface area contributed by atoms with Crippen LogP contribution < -0.4 is 5.32 Å². The van der Waals surface area contributed by atoms with Crippen molar-refractivity contribution >= 4 is 27.3 Å². The third-order valence-electron chi connectivity index (χ3n) is 3.06. The maximum absolute atomic E-state index is 3.54. The number of hydrogen-bond donors (Lipinski definition) is 1. The van der Waals surface area contributed by atoms with Crippen LogP contribution in [0.3, 0.4) is 0 Å². The van der Waals surface area contributed by atoms with Gasteiger partial charge in [-0.25, -0.2) is 0 Å². The molecule has 0 aliphatic carbocycles. The van der Waals surface area contributed by atoms with E-state index in [2.05, 4.69) is 45.3 Å². The molecule has 0 bridgehead atoms. The number of halogens is 1. The minimum Gasteiger partial charge on any atom is -0.313 e. The second-order valence-corrected chi connectivity index (χ2v) is 7.06. The molecule has 2 heterocycles. The summed E-state index contributed by atoms with van der Waals surface area (Å²) >= 11 is 5.35. The summed E-state index contributed by atoms with van der Waals surface area (Å²) in [5.74, 6) is 0. The Labute approximate surface area is 110 Å². The lowest BCUT2D eigenvalue weighted by atomic mass is 10.2. The molecule has 1 saturated heterocycles. The lowest BCUT2D eigenvalue weighted by Gasteiger charge is -2.20. The molecule has 1 N–H and O–H groups in total. The smallest absolute Gasteiger partial charge is 0.0701 e. The number of likely N-dealkylation sites (N-methyl/N-ethyl adjacent to an activating group) is 1. The summed E-state index contributed by atoms with van der Waals surface area (Å²) in [6.07, 6.45) is 3.85. The normalized spacial score (nSPS) is 20.8. The highest BCUT2D eigenvalue weighted by molar-refractivity contribution is 9.11. The van der Waals surface area contributed by atoms with Crippen LogP contribution in [0.15, 0.2) is 15.9 Å². The summed E-state index contributed by atoms with van der Waals surface area (Å²) in [4.78, 5) is 3.91. The van der Waals surface area contributed by atoms with Gasteiger partial charge < -0.3 is 10.2 Å². The molecule has 1 fully saturated rings. The van der Waals surface area contributed by atoms with Crippen molar-refractivity contribution in [1.29, 1.82) is 0 Å². The number of thiophene rings is 1. The molecule has 2 rings (SSSR count). The molecule has 0 radical (unpaired) electrons. The predicted molar refractivity (Wildman–Crippen MR) is 74.2 cm³/mol. The number of hydrogen-bond acceptors (Lipinski definition) is 3. The first kappa shape index (κ1) is 12.6. The summed E-state index contributed by atoms with van der Waals surface area (Å²) < 4.78 is 1.24. The molecule has 0 aromatic carbocycles. The Morgan fingerprint density at radius 3 is 3.06 bits per heavy atom. The maximum atomic E-state index is 3.54. The first-order valence-electron chi connectivity index (χ1n) is 5.90. The number of nitrogens with one attached hydrogen (secondary N) is 1. The van der Waals surface area contributed by atoms with Gasteiger partial charge in [-0.3, -0.25) is 0 Å². The van der Waals surface area contributed by atoms with Crippen LogP contribution in [0, 0.1) is 0 Å². The van der Waals surface area contributed by atoms with E-state index < -0.39 is 0 Å². The average Bonchev–Trinajstić information content (AvgIpc) is 2.87. The van der Waals surface area contributed by atoms with Gasteiger partial charge in [0.25, 0.3) is 0 Å². The van der Waals surface area contributed by atoms with Gasteiger partial charge in [-0.05, 0) is 60.9 Å². The highest BCUT2D eigenvalue weighted by atomic mass is 79.9. The lowest BCUT2D eigenvalue weighted by molar-refractivity contribution is 0.304. The molecule has 1 aromatic rings. The number of rotatable bonds is 5. The van der Waals surface area contributed by atoms with Crippen molar-refractivity contribution in [2.24, 2.45) is 0 Å². The molecular formula is C12H19BrN2S. The first-order chi connectivity index (χ1) is 7.74. The van der Waals surface area contributed by atoms with E-state index in [0.29, 0.717) is 0 Å². The number of nitrogens with zero attached hydrogens (tertiary/aromatic N) is 1. The van der Waals surface area contributed by atoms with Crippen LogP contribution >= 0.6 is 27.3 Å². The van der Waals surface area contributed by atoms with E-state index in [4.69, 9.17) is 0 Å². The maximum Gasteiger partial charge on any atom is 0.0701 e. The Bertz CT molecular complexity index is 321. The summed E-state index contributed by atoms with van der Waals surface area (Å²) in [6.45, 7) is 3.55. The van der Waals surface area contributed by atoms with Crippen molar-refractivity contribution in [2.75, 3.05) is 26.7 Å². The van der Waals surface area contributed by atoms with E-state index in [0.717, 1.165) is 12.6 Å². The lowest BCUT2D eigenvalue weighted by Crippen LogP contribution is -2.36. The quantitative estimate of drug-likeness (QED) is 0.900. The Balaban J connectivity index is 1.68. The zero-order chi connectivity index (χ0) is 11.4. The van der Waals surface area contributed by atoms with E-state index in [1.165, 1.54) is 41.0 Å². The fourth-order valence-corrected chi connectivity index (χ4v) is 3.64. The van der Waals surface area contributed by atoms with Crippen molar-refractivity contribution in [2.45, 2.75) is 25.3 Å². The van der Waals surface area contributed by atoms with Crippen molar-refractivity contribution in [3.05, 3.63) is 20.8 Å². The Kier molecular flexibility index (Phi) is 4.82. The molecule has 1 aliphatic rings. The van der Waals surface area contributed by atoms with Crippen molar-refractivity contribution < 1.29 is 0 Å². The van der Waals surface area contributed by atoms with E-state index in [1.54, 1.807) is 0 Å². The van der Waals surface area contributed by atoms with E-state index in [9.17, 15) is 0 Å². The highest BCUT2D eigenvalue weighted by Crippen LogP contribution is 2.22. The van der Waals surface area contributed by atoms with Crippen LogP contribution in [0.4, 0.5) is 0 Å². The SMILES string of the molecule is CN(CCc1ccc(Br)s1)CC1CCCN1. The minimum absolute atomic E-state index is 0.722. The Morgan fingerprint density at radius 1 is 1.56 bits per heavy atom. The summed E-state index contributed by atoms with van der Waals surface area (Å²) in [5, 5.41) is 3.54. The minimum atomic E-state index is 0.722. The third kappa shape index (κ3) is 3.84. The summed E-state index contributed by atoms with van der Waals surface area (Å²) in [7, 11) is 2.22.